The smallest absolute Gasteiger partial charge is 0.242 e. The predicted octanol–water partition coefficient (Wildman–Crippen LogP) is 1.44. The van der Waals surface area contributed by atoms with E-state index in [1.807, 2.05) is 4.90 Å². The molecular formula is C13H21N3O. The SMILES string of the molecule is Cc1ccc2n1CCN(C(=O)C(C)(C)N)C2C. The van der Waals surface area contributed by atoms with Crippen molar-refractivity contribution in [1.82, 2.24) is 9.47 Å². The first-order valence-corrected chi connectivity index (χ1v) is 6.08. The second kappa shape index (κ2) is 3.88. The zero-order chi connectivity index (χ0) is 12.8. The molecule has 0 spiro atoms. The van der Waals surface area contributed by atoms with E-state index < -0.39 is 5.54 Å². The zero-order valence-corrected chi connectivity index (χ0v) is 11.0. The number of aromatic nitrogens is 1. The Bertz CT molecular complexity index is 442. The Kier molecular flexibility index (Phi) is 2.78. The van der Waals surface area contributed by atoms with Crippen molar-refractivity contribution in [2.75, 3.05) is 6.54 Å². The van der Waals surface area contributed by atoms with Crippen LogP contribution in [-0.2, 0) is 11.3 Å². The largest absolute Gasteiger partial charge is 0.345 e. The predicted molar refractivity (Wildman–Crippen MR) is 67.6 cm³/mol. The standard InChI is InChI=1S/C13H21N3O/c1-9-5-6-11-10(2)16(8-7-15(9)11)12(17)13(3,4)14/h5-6,10H,7-8,14H2,1-4H3. The first-order chi connectivity index (χ1) is 7.82. The molecule has 94 valence electrons. The lowest BCUT2D eigenvalue weighted by Crippen LogP contribution is -2.54. The summed E-state index contributed by atoms with van der Waals surface area (Å²) in [6.07, 6.45) is 0. The molecule has 0 radical (unpaired) electrons. The number of nitrogens with two attached hydrogens (primary N) is 1. The van der Waals surface area contributed by atoms with Gasteiger partial charge in [-0.05, 0) is 39.8 Å². The maximum absolute atomic E-state index is 12.2. The molecular weight excluding hydrogens is 214 g/mol. The molecule has 2 heterocycles. The molecule has 1 amide bonds. The van der Waals surface area contributed by atoms with Crippen LogP contribution in [0.4, 0.5) is 0 Å². The lowest BCUT2D eigenvalue weighted by atomic mass is 10.0. The van der Waals surface area contributed by atoms with Gasteiger partial charge in [0.15, 0.2) is 0 Å². The summed E-state index contributed by atoms with van der Waals surface area (Å²) in [6.45, 7) is 9.29. The molecule has 0 saturated heterocycles. The van der Waals surface area contributed by atoms with Gasteiger partial charge in [0.05, 0.1) is 11.6 Å². The van der Waals surface area contributed by atoms with Crippen molar-refractivity contribution in [1.29, 1.82) is 0 Å². The molecule has 1 unspecified atom stereocenters. The lowest BCUT2D eigenvalue weighted by molar-refractivity contribution is -0.139. The van der Waals surface area contributed by atoms with Gasteiger partial charge in [0.2, 0.25) is 5.91 Å². The fourth-order valence-corrected chi connectivity index (χ4v) is 2.47. The molecule has 17 heavy (non-hydrogen) atoms. The molecule has 2 N–H and O–H groups in total. The maximum Gasteiger partial charge on any atom is 0.242 e. The van der Waals surface area contributed by atoms with Gasteiger partial charge in [-0.25, -0.2) is 0 Å². The average molecular weight is 235 g/mol. The second-order valence-electron chi connectivity index (χ2n) is 5.45. The third-order valence-electron chi connectivity index (χ3n) is 3.50. The minimum absolute atomic E-state index is 0.0232. The number of hydrogen-bond acceptors (Lipinski definition) is 2. The molecule has 0 fully saturated rings. The average Bonchev–Trinajstić information content (AvgIpc) is 2.60. The minimum Gasteiger partial charge on any atom is -0.345 e. The van der Waals surface area contributed by atoms with Crippen molar-refractivity contribution >= 4 is 5.91 Å². The van der Waals surface area contributed by atoms with Gasteiger partial charge in [-0.2, -0.15) is 0 Å². The third-order valence-corrected chi connectivity index (χ3v) is 3.50. The first-order valence-electron chi connectivity index (χ1n) is 6.08. The Morgan fingerprint density at radius 2 is 2.06 bits per heavy atom. The van der Waals surface area contributed by atoms with E-state index in [-0.39, 0.29) is 11.9 Å². The quantitative estimate of drug-likeness (QED) is 0.800. The van der Waals surface area contributed by atoms with Crippen molar-refractivity contribution in [3.05, 3.63) is 23.5 Å². The van der Waals surface area contributed by atoms with Gasteiger partial charge in [-0.1, -0.05) is 0 Å². The van der Waals surface area contributed by atoms with E-state index in [0.717, 1.165) is 13.1 Å². The van der Waals surface area contributed by atoms with Crippen molar-refractivity contribution < 1.29 is 4.79 Å². The number of aryl methyl sites for hydroxylation is 1. The van der Waals surface area contributed by atoms with Crippen LogP contribution < -0.4 is 5.73 Å². The zero-order valence-electron chi connectivity index (χ0n) is 11.0. The summed E-state index contributed by atoms with van der Waals surface area (Å²) in [6, 6.07) is 4.31. The Hall–Kier alpha value is -1.29. The van der Waals surface area contributed by atoms with E-state index in [1.165, 1.54) is 11.4 Å². The van der Waals surface area contributed by atoms with E-state index in [2.05, 4.69) is 30.5 Å². The molecule has 2 rings (SSSR count). The van der Waals surface area contributed by atoms with Crippen LogP contribution in [0.3, 0.4) is 0 Å². The van der Waals surface area contributed by atoms with Gasteiger partial charge < -0.3 is 15.2 Å². The maximum atomic E-state index is 12.2. The molecule has 4 nitrogen and oxygen atoms in total. The highest BCUT2D eigenvalue weighted by molar-refractivity contribution is 5.85. The van der Waals surface area contributed by atoms with Crippen LogP contribution in [0.25, 0.3) is 0 Å². The Labute approximate surface area is 102 Å². The van der Waals surface area contributed by atoms with Crippen LogP contribution in [-0.4, -0.2) is 27.5 Å². The van der Waals surface area contributed by atoms with Crippen molar-refractivity contribution in [2.45, 2.75) is 45.8 Å². The van der Waals surface area contributed by atoms with Gasteiger partial charge in [0.25, 0.3) is 0 Å². The van der Waals surface area contributed by atoms with Crippen LogP contribution in [0.1, 0.15) is 38.2 Å². The number of amides is 1. The monoisotopic (exact) mass is 235 g/mol. The van der Waals surface area contributed by atoms with Crippen LogP contribution in [0, 0.1) is 6.92 Å². The Morgan fingerprint density at radius 3 is 2.65 bits per heavy atom. The second-order valence-corrected chi connectivity index (χ2v) is 5.45. The van der Waals surface area contributed by atoms with Crippen LogP contribution in [0.15, 0.2) is 12.1 Å². The molecule has 1 atom stereocenters. The fraction of sp³-hybridized carbons (Fsp3) is 0.615. The van der Waals surface area contributed by atoms with Gasteiger partial charge >= 0.3 is 0 Å². The first kappa shape index (κ1) is 12.2. The number of carbonyl (C=O) groups is 1. The minimum atomic E-state index is -0.794. The molecule has 1 aliphatic heterocycles. The number of hydrogen-bond donors (Lipinski definition) is 1. The van der Waals surface area contributed by atoms with Crippen molar-refractivity contribution in [2.24, 2.45) is 5.73 Å². The summed E-state index contributed by atoms with van der Waals surface area (Å²) in [7, 11) is 0. The van der Waals surface area contributed by atoms with E-state index >= 15 is 0 Å². The summed E-state index contributed by atoms with van der Waals surface area (Å²) >= 11 is 0. The van der Waals surface area contributed by atoms with Gasteiger partial charge in [0.1, 0.15) is 0 Å². The summed E-state index contributed by atoms with van der Waals surface area (Å²) < 4.78 is 2.28. The van der Waals surface area contributed by atoms with Crippen LogP contribution in [0.5, 0.6) is 0 Å². The van der Waals surface area contributed by atoms with Crippen molar-refractivity contribution in [3.8, 4) is 0 Å². The summed E-state index contributed by atoms with van der Waals surface area (Å²) in [5.74, 6) is 0.0232. The molecule has 0 saturated carbocycles. The number of nitrogens with zero attached hydrogens (tertiary/aromatic N) is 2. The normalized spacial score (nSPS) is 20.3. The molecule has 0 bridgehead atoms. The Balaban J connectivity index is 2.29. The molecule has 4 heteroatoms. The van der Waals surface area contributed by atoms with E-state index in [4.69, 9.17) is 5.73 Å². The molecule has 1 aromatic heterocycles. The highest BCUT2D eigenvalue weighted by Gasteiger charge is 2.34. The topological polar surface area (TPSA) is 51.3 Å². The lowest BCUT2D eigenvalue weighted by Gasteiger charge is -2.38. The number of fused-ring (bicyclic) bond motifs is 1. The third kappa shape index (κ3) is 1.97. The van der Waals surface area contributed by atoms with Gasteiger partial charge in [-0.3, -0.25) is 4.79 Å². The molecule has 1 aliphatic rings. The fourth-order valence-electron chi connectivity index (χ4n) is 2.47. The highest BCUT2D eigenvalue weighted by atomic mass is 16.2. The summed E-state index contributed by atoms with van der Waals surface area (Å²) in [5, 5.41) is 0. The number of carbonyl (C=O) groups excluding carboxylic acids is 1. The summed E-state index contributed by atoms with van der Waals surface area (Å²) in [5.41, 5.74) is 7.56. The van der Waals surface area contributed by atoms with Crippen LogP contribution >= 0.6 is 0 Å². The molecule has 0 aromatic carbocycles. The van der Waals surface area contributed by atoms with Gasteiger partial charge in [-0.15, -0.1) is 0 Å². The Morgan fingerprint density at radius 1 is 1.41 bits per heavy atom. The number of rotatable bonds is 1. The summed E-state index contributed by atoms with van der Waals surface area (Å²) in [4.78, 5) is 14.1. The molecule has 1 aromatic rings. The van der Waals surface area contributed by atoms with Crippen molar-refractivity contribution in [3.63, 3.8) is 0 Å². The van der Waals surface area contributed by atoms with E-state index in [0.29, 0.717) is 0 Å². The van der Waals surface area contributed by atoms with Gasteiger partial charge in [0, 0.05) is 24.5 Å². The van der Waals surface area contributed by atoms with E-state index in [1.54, 1.807) is 13.8 Å². The van der Waals surface area contributed by atoms with Crippen LogP contribution in [0.2, 0.25) is 0 Å². The van der Waals surface area contributed by atoms with E-state index in [9.17, 15) is 4.79 Å². The highest BCUT2D eigenvalue weighted by Crippen LogP contribution is 2.28. The molecule has 0 aliphatic carbocycles.